The van der Waals surface area contributed by atoms with Gasteiger partial charge >= 0.3 is 0 Å². The summed E-state index contributed by atoms with van der Waals surface area (Å²) in [6.45, 7) is 1.91. The zero-order valence-corrected chi connectivity index (χ0v) is 9.93. The predicted molar refractivity (Wildman–Crippen MR) is 69.2 cm³/mol. The molecule has 2 aromatic rings. The van der Waals surface area contributed by atoms with Crippen LogP contribution in [-0.4, -0.2) is 23.1 Å². The van der Waals surface area contributed by atoms with Gasteiger partial charge in [0, 0.05) is 31.7 Å². The van der Waals surface area contributed by atoms with Crippen LogP contribution in [0.2, 0.25) is 0 Å². The van der Waals surface area contributed by atoms with Gasteiger partial charge in [-0.3, -0.25) is 0 Å². The predicted octanol–water partition coefficient (Wildman–Crippen LogP) is 1.51. The van der Waals surface area contributed by atoms with E-state index in [4.69, 9.17) is 5.73 Å². The molecule has 0 bridgehead atoms. The van der Waals surface area contributed by atoms with Crippen molar-refractivity contribution in [3.05, 3.63) is 41.7 Å². The van der Waals surface area contributed by atoms with E-state index in [1.54, 1.807) is 6.20 Å². The first-order chi connectivity index (χ1) is 8.24. The highest BCUT2D eigenvalue weighted by Gasteiger charge is 2.15. The van der Waals surface area contributed by atoms with Crippen molar-refractivity contribution in [1.29, 1.82) is 0 Å². The Morgan fingerprint density at radius 1 is 1.41 bits per heavy atom. The van der Waals surface area contributed by atoms with Crippen LogP contribution in [0.4, 0.5) is 11.6 Å². The number of likely N-dealkylation sites (N-methyl/N-ethyl adjacent to an activating group) is 1. The Morgan fingerprint density at radius 3 is 3.06 bits per heavy atom. The quantitative estimate of drug-likeness (QED) is 0.847. The SMILES string of the molecule is CN1CCc2cc(Cn3ccnc3N)ccc21. The van der Waals surface area contributed by atoms with E-state index in [-0.39, 0.29) is 0 Å². The third-order valence-corrected chi connectivity index (χ3v) is 3.37. The number of anilines is 2. The highest BCUT2D eigenvalue weighted by atomic mass is 15.1. The lowest BCUT2D eigenvalue weighted by atomic mass is 10.1. The van der Waals surface area contributed by atoms with Crippen LogP contribution in [0.3, 0.4) is 0 Å². The fourth-order valence-corrected chi connectivity index (χ4v) is 2.39. The molecule has 3 rings (SSSR count). The Labute approximate surface area is 101 Å². The van der Waals surface area contributed by atoms with Crippen LogP contribution in [0.25, 0.3) is 0 Å². The number of hydrogen-bond donors (Lipinski definition) is 1. The maximum absolute atomic E-state index is 5.77. The van der Waals surface area contributed by atoms with Crippen molar-refractivity contribution in [2.24, 2.45) is 0 Å². The minimum atomic E-state index is 0.572. The smallest absolute Gasteiger partial charge is 0.200 e. The first-order valence-corrected chi connectivity index (χ1v) is 5.83. The van der Waals surface area contributed by atoms with Crippen molar-refractivity contribution in [3.8, 4) is 0 Å². The Morgan fingerprint density at radius 2 is 2.29 bits per heavy atom. The fourth-order valence-electron chi connectivity index (χ4n) is 2.39. The van der Waals surface area contributed by atoms with Crippen molar-refractivity contribution in [2.75, 3.05) is 24.2 Å². The van der Waals surface area contributed by atoms with Crippen molar-refractivity contribution in [1.82, 2.24) is 9.55 Å². The van der Waals surface area contributed by atoms with E-state index in [1.807, 2.05) is 10.8 Å². The second kappa shape index (κ2) is 3.80. The van der Waals surface area contributed by atoms with E-state index in [0.717, 1.165) is 19.5 Å². The van der Waals surface area contributed by atoms with Gasteiger partial charge in [0.15, 0.2) is 5.95 Å². The van der Waals surface area contributed by atoms with Crippen molar-refractivity contribution in [2.45, 2.75) is 13.0 Å². The molecule has 0 spiro atoms. The fraction of sp³-hybridized carbons (Fsp3) is 0.308. The van der Waals surface area contributed by atoms with Crippen LogP contribution in [0.5, 0.6) is 0 Å². The standard InChI is InChI=1S/C13H16N4/c1-16-6-4-11-8-10(2-3-12(11)16)9-17-7-5-15-13(17)14/h2-3,5,7-8H,4,6,9H2,1H3,(H2,14,15). The number of nitrogens with two attached hydrogens (primary N) is 1. The molecule has 1 aromatic carbocycles. The molecule has 0 amide bonds. The van der Waals surface area contributed by atoms with Gasteiger partial charge in [-0.2, -0.15) is 0 Å². The summed E-state index contributed by atoms with van der Waals surface area (Å²) in [5, 5.41) is 0. The molecule has 1 aliphatic rings. The van der Waals surface area contributed by atoms with E-state index in [1.165, 1.54) is 16.8 Å². The average Bonchev–Trinajstić information content (AvgIpc) is 2.87. The summed E-state index contributed by atoms with van der Waals surface area (Å²) in [6, 6.07) is 6.64. The van der Waals surface area contributed by atoms with E-state index >= 15 is 0 Å². The molecule has 0 fully saturated rings. The number of nitrogen functional groups attached to an aromatic ring is 1. The van der Waals surface area contributed by atoms with Crippen LogP contribution in [0.1, 0.15) is 11.1 Å². The van der Waals surface area contributed by atoms with Gasteiger partial charge in [0.1, 0.15) is 0 Å². The molecule has 4 nitrogen and oxygen atoms in total. The van der Waals surface area contributed by atoms with E-state index in [2.05, 4.69) is 35.1 Å². The van der Waals surface area contributed by atoms with Gasteiger partial charge < -0.3 is 15.2 Å². The second-order valence-corrected chi connectivity index (χ2v) is 4.55. The Balaban J connectivity index is 1.88. The van der Waals surface area contributed by atoms with Crippen molar-refractivity contribution in [3.63, 3.8) is 0 Å². The number of imidazole rings is 1. The van der Waals surface area contributed by atoms with Gasteiger partial charge in [0.05, 0.1) is 6.54 Å². The first kappa shape index (κ1) is 10.2. The van der Waals surface area contributed by atoms with Crippen LogP contribution < -0.4 is 10.6 Å². The Hall–Kier alpha value is -1.97. The minimum Gasteiger partial charge on any atom is -0.374 e. The summed E-state index contributed by atoms with van der Waals surface area (Å²) in [5.41, 5.74) is 9.84. The molecule has 88 valence electrons. The maximum atomic E-state index is 5.77. The van der Waals surface area contributed by atoms with Gasteiger partial charge in [-0.05, 0) is 23.6 Å². The molecule has 2 heterocycles. The third kappa shape index (κ3) is 1.75. The van der Waals surface area contributed by atoms with Gasteiger partial charge in [0.2, 0.25) is 0 Å². The molecule has 1 aromatic heterocycles. The summed E-state index contributed by atoms with van der Waals surface area (Å²) >= 11 is 0. The largest absolute Gasteiger partial charge is 0.374 e. The van der Waals surface area contributed by atoms with Crippen LogP contribution >= 0.6 is 0 Å². The van der Waals surface area contributed by atoms with E-state index in [0.29, 0.717) is 5.95 Å². The molecule has 0 aliphatic carbocycles. The number of fused-ring (bicyclic) bond motifs is 1. The minimum absolute atomic E-state index is 0.572. The van der Waals surface area contributed by atoms with Gasteiger partial charge in [-0.1, -0.05) is 12.1 Å². The average molecular weight is 228 g/mol. The molecule has 0 saturated heterocycles. The molecule has 0 saturated carbocycles. The number of rotatable bonds is 2. The lowest BCUT2D eigenvalue weighted by Gasteiger charge is -2.12. The maximum Gasteiger partial charge on any atom is 0.200 e. The molecule has 0 radical (unpaired) electrons. The van der Waals surface area contributed by atoms with Crippen molar-refractivity contribution < 1.29 is 0 Å². The first-order valence-electron chi connectivity index (χ1n) is 5.83. The van der Waals surface area contributed by atoms with Crippen LogP contribution in [0.15, 0.2) is 30.6 Å². The summed E-state index contributed by atoms with van der Waals surface area (Å²) in [7, 11) is 2.14. The molecule has 17 heavy (non-hydrogen) atoms. The Kier molecular flexibility index (Phi) is 2.28. The van der Waals surface area contributed by atoms with Gasteiger partial charge in [-0.25, -0.2) is 4.98 Å². The highest BCUT2D eigenvalue weighted by molar-refractivity contribution is 5.58. The van der Waals surface area contributed by atoms with Crippen LogP contribution in [-0.2, 0) is 13.0 Å². The van der Waals surface area contributed by atoms with Gasteiger partial charge in [-0.15, -0.1) is 0 Å². The van der Waals surface area contributed by atoms with Gasteiger partial charge in [0.25, 0.3) is 0 Å². The summed E-state index contributed by atoms with van der Waals surface area (Å²) < 4.78 is 1.96. The zero-order valence-electron chi connectivity index (χ0n) is 9.93. The number of hydrogen-bond acceptors (Lipinski definition) is 3. The molecular weight excluding hydrogens is 212 g/mol. The monoisotopic (exact) mass is 228 g/mol. The summed E-state index contributed by atoms with van der Waals surface area (Å²) in [5.74, 6) is 0.572. The van der Waals surface area contributed by atoms with Crippen molar-refractivity contribution >= 4 is 11.6 Å². The topological polar surface area (TPSA) is 47.1 Å². The number of benzene rings is 1. The Bertz CT molecular complexity index is 544. The zero-order chi connectivity index (χ0) is 11.8. The third-order valence-electron chi connectivity index (χ3n) is 3.37. The lowest BCUT2D eigenvalue weighted by molar-refractivity contribution is 0.810. The summed E-state index contributed by atoms with van der Waals surface area (Å²) in [6.07, 6.45) is 4.78. The molecule has 4 heteroatoms. The summed E-state index contributed by atoms with van der Waals surface area (Å²) in [4.78, 5) is 6.33. The lowest BCUT2D eigenvalue weighted by Crippen LogP contribution is -2.12. The van der Waals surface area contributed by atoms with Crippen LogP contribution in [0, 0.1) is 0 Å². The van der Waals surface area contributed by atoms with E-state index in [9.17, 15) is 0 Å². The highest BCUT2D eigenvalue weighted by Crippen LogP contribution is 2.27. The molecule has 1 aliphatic heterocycles. The number of nitrogens with zero attached hydrogens (tertiary/aromatic N) is 3. The normalized spacial score (nSPS) is 14.1. The van der Waals surface area contributed by atoms with E-state index < -0.39 is 0 Å². The number of aromatic nitrogens is 2. The molecular formula is C13H16N4. The molecule has 2 N–H and O–H groups in total. The molecule has 0 atom stereocenters. The second-order valence-electron chi connectivity index (χ2n) is 4.55. The molecule has 0 unspecified atom stereocenters.